The highest BCUT2D eigenvalue weighted by Gasteiger charge is 2.18. The second kappa shape index (κ2) is 5.67. The lowest BCUT2D eigenvalue weighted by Crippen LogP contribution is -2.35. The zero-order valence-electron chi connectivity index (χ0n) is 8.07. The van der Waals surface area contributed by atoms with Gasteiger partial charge in [0.25, 0.3) is 0 Å². The van der Waals surface area contributed by atoms with Gasteiger partial charge in [-0.3, -0.25) is 10.2 Å². The van der Waals surface area contributed by atoms with Gasteiger partial charge in [-0.2, -0.15) is 11.8 Å². The summed E-state index contributed by atoms with van der Waals surface area (Å²) in [5.41, 5.74) is 3.20. The molecule has 0 fully saturated rings. The van der Waals surface area contributed by atoms with Crippen LogP contribution in [0.25, 0.3) is 0 Å². The molecule has 3 N–H and O–H groups in total. The molecule has 0 saturated heterocycles. The van der Waals surface area contributed by atoms with E-state index in [1.807, 2.05) is 36.6 Å². The molecule has 1 aromatic rings. The molecule has 0 spiro atoms. The molecule has 1 rings (SSSR count). The molecule has 0 saturated carbocycles. The number of benzene rings is 1. The molecule has 1 amide bonds. The van der Waals surface area contributed by atoms with Gasteiger partial charge in [0, 0.05) is 5.75 Å². The lowest BCUT2D eigenvalue weighted by Gasteiger charge is -2.13. The second-order valence-corrected chi connectivity index (χ2v) is 3.84. The molecule has 0 heterocycles. The molecule has 0 aliphatic carbocycles. The predicted octanol–water partition coefficient (Wildman–Crippen LogP) is 1.12. The smallest absolute Gasteiger partial charge is 0.242 e. The van der Waals surface area contributed by atoms with Crippen LogP contribution in [0.5, 0.6) is 0 Å². The van der Waals surface area contributed by atoms with Gasteiger partial charge in [0.15, 0.2) is 0 Å². The third kappa shape index (κ3) is 2.75. The van der Waals surface area contributed by atoms with Gasteiger partial charge in [-0.05, 0) is 11.8 Å². The summed E-state index contributed by atoms with van der Waals surface area (Å²) in [5, 5.41) is 0. The quantitative estimate of drug-likeness (QED) is 0.445. The topological polar surface area (TPSA) is 55.1 Å². The van der Waals surface area contributed by atoms with E-state index >= 15 is 0 Å². The van der Waals surface area contributed by atoms with Crippen LogP contribution in [-0.4, -0.2) is 17.9 Å². The highest BCUT2D eigenvalue weighted by molar-refractivity contribution is 7.98. The number of thioether (sulfide) groups is 1. The molecule has 0 aliphatic heterocycles. The van der Waals surface area contributed by atoms with Crippen LogP contribution >= 0.6 is 11.8 Å². The molecule has 1 unspecified atom stereocenters. The van der Waals surface area contributed by atoms with Gasteiger partial charge in [-0.1, -0.05) is 30.3 Å². The average molecular weight is 210 g/mol. The van der Waals surface area contributed by atoms with Crippen molar-refractivity contribution in [1.29, 1.82) is 0 Å². The molecule has 0 aromatic heterocycles. The fourth-order valence-electron chi connectivity index (χ4n) is 1.28. The van der Waals surface area contributed by atoms with E-state index in [4.69, 9.17) is 5.84 Å². The number of carbonyl (C=O) groups is 1. The Morgan fingerprint density at radius 3 is 2.64 bits per heavy atom. The molecule has 0 radical (unpaired) electrons. The third-order valence-corrected chi connectivity index (χ3v) is 2.66. The summed E-state index contributed by atoms with van der Waals surface area (Å²) in [6.45, 7) is 0. The largest absolute Gasteiger partial charge is 0.294 e. The van der Waals surface area contributed by atoms with E-state index in [-0.39, 0.29) is 11.8 Å². The first-order chi connectivity index (χ1) is 6.79. The van der Waals surface area contributed by atoms with Gasteiger partial charge in [0.1, 0.15) is 0 Å². The van der Waals surface area contributed by atoms with Gasteiger partial charge in [0.2, 0.25) is 5.91 Å². The van der Waals surface area contributed by atoms with Gasteiger partial charge < -0.3 is 0 Å². The van der Waals surface area contributed by atoms with Crippen LogP contribution in [0, 0.1) is 0 Å². The summed E-state index contributed by atoms with van der Waals surface area (Å²) in [7, 11) is 0. The van der Waals surface area contributed by atoms with Crippen LogP contribution < -0.4 is 11.3 Å². The highest BCUT2D eigenvalue weighted by atomic mass is 32.2. The number of hydrogen-bond donors (Lipinski definition) is 2. The molecular weight excluding hydrogens is 196 g/mol. The first-order valence-corrected chi connectivity index (χ1v) is 5.73. The lowest BCUT2D eigenvalue weighted by atomic mass is 10.0. The number of amides is 1. The highest BCUT2D eigenvalue weighted by Crippen LogP contribution is 2.19. The Morgan fingerprint density at radius 2 is 2.14 bits per heavy atom. The Balaban J connectivity index is 2.83. The molecular formula is C10H14N2OS. The van der Waals surface area contributed by atoms with Crippen molar-refractivity contribution in [2.75, 3.05) is 12.0 Å². The molecule has 1 atom stereocenters. The first-order valence-electron chi connectivity index (χ1n) is 4.34. The Hall–Kier alpha value is -1.00. The Labute approximate surface area is 88.0 Å². The minimum Gasteiger partial charge on any atom is -0.294 e. The van der Waals surface area contributed by atoms with Crippen molar-refractivity contribution in [2.45, 2.75) is 5.92 Å². The van der Waals surface area contributed by atoms with Crippen LogP contribution in [0.15, 0.2) is 30.3 Å². The normalized spacial score (nSPS) is 12.1. The maximum atomic E-state index is 11.5. The zero-order chi connectivity index (χ0) is 10.4. The molecule has 76 valence electrons. The van der Waals surface area contributed by atoms with Crippen molar-refractivity contribution in [3.05, 3.63) is 35.9 Å². The minimum absolute atomic E-state index is 0.134. The van der Waals surface area contributed by atoms with Crippen LogP contribution in [0.2, 0.25) is 0 Å². The molecule has 0 bridgehead atoms. The van der Waals surface area contributed by atoms with Crippen LogP contribution in [0.4, 0.5) is 0 Å². The summed E-state index contributed by atoms with van der Waals surface area (Å²) >= 11 is 1.63. The maximum absolute atomic E-state index is 11.5. The van der Waals surface area contributed by atoms with Crippen LogP contribution in [0.1, 0.15) is 11.5 Å². The Morgan fingerprint density at radius 1 is 1.50 bits per heavy atom. The van der Waals surface area contributed by atoms with Gasteiger partial charge >= 0.3 is 0 Å². The average Bonchev–Trinajstić information content (AvgIpc) is 2.26. The summed E-state index contributed by atoms with van der Waals surface area (Å²) in [6.07, 6.45) is 1.97. The molecule has 14 heavy (non-hydrogen) atoms. The van der Waals surface area contributed by atoms with Crippen LogP contribution in [0.3, 0.4) is 0 Å². The van der Waals surface area contributed by atoms with Crippen LogP contribution in [-0.2, 0) is 4.79 Å². The molecule has 0 aliphatic rings. The number of nitrogens with one attached hydrogen (secondary N) is 1. The first kappa shape index (κ1) is 11.1. The van der Waals surface area contributed by atoms with Crippen molar-refractivity contribution in [2.24, 2.45) is 5.84 Å². The monoisotopic (exact) mass is 210 g/mol. The van der Waals surface area contributed by atoms with Crippen molar-refractivity contribution in [1.82, 2.24) is 5.43 Å². The minimum atomic E-state index is -0.156. The van der Waals surface area contributed by atoms with Crippen molar-refractivity contribution in [3.63, 3.8) is 0 Å². The molecule has 3 nitrogen and oxygen atoms in total. The fraction of sp³-hybridized carbons (Fsp3) is 0.300. The van der Waals surface area contributed by atoms with E-state index in [2.05, 4.69) is 5.43 Å². The summed E-state index contributed by atoms with van der Waals surface area (Å²) in [6, 6.07) is 9.66. The molecule has 1 aromatic carbocycles. The van der Waals surface area contributed by atoms with Gasteiger partial charge in [-0.25, -0.2) is 5.84 Å². The Kier molecular flexibility index (Phi) is 4.49. The predicted molar refractivity (Wildman–Crippen MR) is 59.9 cm³/mol. The number of hydrogen-bond acceptors (Lipinski definition) is 3. The van der Waals surface area contributed by atoms with E-state index in [9.17, 15) is 4.79 Å². The van der Waals surface area contributed by atoms with Gasteiger partial charge in [0.05, 0.1) is 5.92 Å². The summed E-state index contributed by atoms with van der Waals surface area (Å²) < 4.78 is 0. The zero-order valence-corrected chi connectivity index (χ0v) is 8.88. The maximum Gasteiger partial charge on any atom is 0.242 e. The summed E-state index contributed by atoms with van der Waals surface area (Å²) in [5.74, 6) is 5.58. The van der Waals surface area contributed by atoms with E-state index in [0.29, 0.717) is 0 Å². The number of hydrazine groups is 1. The van der Waals surface area contributed by atoms with E-state index < -0.39 is 0 Å². The SMILES string of the molecule is CSCC(C(=O)NN)c1ccccc1. The van der Waals surface area contributed by atoms with Crippen molar-refractivity contribution < 1.29 is 4.79 Å². The fourth-order valence-corrected chi connectivity index (χ4v) is 1.95. The van der Waals surface area contributed by atoms with E-state index in [1.165, 1.54) is 0 Å². The second-order valence-electron chi connectivity index (χ2n) is 2.93. The lowest BCUT2D eigenvalue weighted by molar-refractivity contribution is -0.122. The molecule has 4 heteroatoms. The number of nitrogens with two attached hydrogens (primary N) is 1. The van der Waals surface area contributed by atoms with Crippen molar-refractivity contribution >= 4 is 17.7 Å². The standard InChI is InChI=1S/C10H14N2OS/c1-14-7-9(10(13)12-11)8-5-3-2-4-6-8/h2-6,9H,7,11H2,1H3,(H,12,13). The third-order valence-electron chi connectivity index (χ3n) is 1.99. The number of rotatable bonds is 4. The number of carbonyl (C=O) groups excluding carboxylic acids is 1. The Bertz CT molecular complexity index is 289. The van der Waals surface area contributed by atoms with Gasteiger partial charge in [-0.15, -0.1) is 0 Å². The van der Waals surface area contributed by atoms with Crippen molar-refractivity contribution in [3.8, 4) is 0 Å². The van der Waals surface area contributed by atoms with E-state index in [1.54, 1.807) is 11.8 Å². The van der Waals surface area contributed by atoms with E-state index in [0.717, 1.165) is 11.3 Å². The summed E-state index contributed by atoms with van der Waals surface area (Å²) in [4.78, 5) is 11.5.